The fourth-order valence-corrected chi connectivity index (χ4v) is 9.87. The van der Waals surface area contributed by atoms with E-state index in [1.807, 2.05) is 0 Å². The number of ether oxygens (including phenoxy) is 9. The quantitative estimate of drug-likeness (QED) is 0.00819. The van der Waals surface area contributed by atoms with Crippen LogP contribution in [-0.4, -0.2) is 175 Å². The number of anilines is 1. The van der Waals surface area contributed by atoms with Crippen molar-refractivity contribution in [3.8, 4) is 5.75 Å². The van der Waals surface area contributed by atoms with Crippen LogP contribution in [-0.2, 0) is 85.8 Å². The molecule has 0 aliphatic carbocycles. The van der Waals surface area contributed by atoms with Crippen molar-refractivity contribution in [3.63, 3.8) is 0 Å². The van der Waals surface area contributed by atoms with E-state index in [2.05, 4.69) is 20.2 Å². The number of esters is 4. The molecule has 28 nitrogen and oxygen atoms in total. The van der Waals surface area contributed by atoms with Crippen molar-refractivity contribution in [2.24, 2.45) is 0 Å². The third-order valence-electron chi connectivity index (χ3n) is 13.9. The Labute approximate surface area is 567 Å². The van der Waals surface area contributed by atoms with E-state index in [0.29, 0.717) is 42.6 Å². The first-order valence-corrected chi connectivity index (χ1v) is 30.1. The van der Waals surface area contributed by atoms with Crippen LogP contribution < -0.4 is 78.7 Å². The number of carbonyl (C=O) groups excluding carboxylic acids is 5. The van der Waals surface area contributed by atoms with Crippen molar-refractivity contribution in [2.45, 2.75) is 171 Å². The van der Waals surface area contributed by atoms with E-state index >= 15 is 0 Å². The smallest absolute Gasteiger partial charge is 0.780 e. The van der Waals surface area contributed by atoms with Crippen LogP contribution in [0.3, 0.4) is 0 Å². The summed E-state index contributed by atoms with van der Waals surface area (Å²) < 4.78 is 71.2. The SMILES string of the molecule is CC(C)OC(=O)[C@H](O[C@@H]1O[C@H](CO)[C@H](OC(=O)c2ccccc2)[C@H](O[C@H](Cc2ccccc2)C(=O)O)[C@H]1OC(=O)c1ccccc1)[C@@H](O[C@@H]1O[C@@H](C)[C@@H](O)[C@@H](O)[C@@H]1O)C(=O)O[C@@H](C)CCCn1cc(CCCCC(=O)Nc2ccc(OP(=O)([O-])[O-])cc2)nn1.[Na+].[Na+]. The Bertz CT molecular complexity index is 3150. The maximum atomic E-state index is 14.8. The number of phosphoric ester groups is 1. The number of aliphatic hydroxyl groups is 4. The number of unbranched alkanes of at least 4 members (excludes halogenated alkanes) is 1. The summed E-state index contributed by atoms with van der Waals surface area (Å²) >= 11 is 0. The normalized spacial score (nSPS) is 22.7. The predicted octanol–water partition coefficient (Wildman–Crippen LogP) is -3.64. The predicted molar refractivity (Wildman–Crippen MR) is 302 cm³/mol. The Kier molecular flexibility index (Phi) is 30.8. The van der Waals surface area contributed by atoms with Crippen LogP contribution in [0.4, 0.5) is 5.69 Å². The molecular formula is C60H71N4Na2O24P. The minimum Gasteiger partial charge on any atom is -0.780 e. The summed E-state index contributed by atoms with van der Waals surface area (Å²) in [4.78, 5) is 105. The van der Waals surface area contributed by atoms with Crippen LogP contribution in [0, 0.1) is 0 Å². The number of rotatable bonds is 31. The summed E-state index contributed by atoms with van der Waals surface area (Å²) in [6, 6.07) is 28.4. The number of aryl methyl sites for hydroxylation is 2. The zero-order valence-corrected chi connectivity index (χ0v) is 55.7. The Balaban J connectivity index is 0.00000752. The van der Waals surface area contributed by atoms with E-state index in [4.69, 9.17) is 42.6 Å². The second kappa shape index (κ2) is 36.8. The molecule has 2 saturated heterocycles. The monoisotopic (exact) mass is 1310 g/mol. The van der Waals surface area contributed by atoms with Crippen molar-refractivity contribution in [1.29, 1.82) is 0 Å². The summed E-state index contributed by atoms with van der Waals surface area (Å²) in [5, 5.41) is 65.6. The number of aliphatic carboxylic acids is 1. The second-order valence-electron chi connectivity index (χ2n) is 21.3. The summed E-state index contributed by atoms with van der Waals surface area (Å²) in [6.07, 6.45) is -23.8. The van der Waals surface area contributed by atoms with Gasteiger partial charge in [0.05, 0.1) is 41.7 Å². The zero-order chi connectivity index (χ0) is 64.4. The molecule has 4 aromatic carbocycles. The average Bonchev–Trinajstić information content (AvgIpc) is 1.37. The molecule has 1 amide bonds. The van der Waals surface area contributed by atoms with Gasteiger partial charge in [0.15, 0.2) is 43.1 Å². The van der Waals surface area contributed by atoms with Gasteiger partial charge in [-0.05, 0) is 114 Å². The van der Waals surface area contributed by atoms with Crippen LogP contribution in [0.2, 0.25) is 0 Å². The fourth-order valence-electron chi connectivity index (χ4n) is 9.49. The largest absolute Gasteiger partial charge is 1.00 e. The Morgan fingerprint density at radius 1 is 0.692 bits per heavy atom. The molecule has 31 heteroatoms. The molecule has 91 heavy (non-hydrogen) atoms. The van der Waals surface area contributed by atoms with Crippen LogP contribution in [0.15, 0.2) is 121 Å². The number of hydrogen-bond acceptors (Lipinski definition) is 25. The number of aliphatic hydroxyl groups excluding tert-OH is 4. The van der Waals surface area contributed by atoms with Gasteiger partial charge >= 0.3 is 89.0 Å². The molecule has 2 aliphatic heterocycles. The van der Waals surface area contributed by atoms with Crippen LogP contribution in [0.25, 0.3) is 0 Å². The van der Waals surface area contributed by atoms with Crippen molar-refractivity contribution in [1.82, 2.24) is 15.0 Å². The van der Waals surface area contributed by atoms with Crippen molar-refractivity contribution < 1.29 is 175 Å². The van der Waals surface area contributed by atoms with Gasteiger partial charge in [0, 0.05) is 31.3 Å². The zero-order valence-electron chi connectivity index (χ0n) is 50.9. The van der Waals surface area contributed by atoms with Crippen molar-refractivity contribution >= 4 is 49.3 Å². The number of amides is 1. The maximum absolute atomic E-state index is 14.8. The number of carboxylic acids is 1. The first-order valence-electron chi connectivity index (χ1n) is 28.6. The van der Waals surface area contributed by atoms with E-state index in [0.717, 1.165) is 0 Å². The minimum atomic E-state index is -5.24. The van der Waals surface area contributed by atoms with Gasteiger partial charge in [-0.25, -0.2) is 24.0 Å². The van der Waals surface area contributed by atoms with Gasteiger partial charge in [-0.3, -0.25) is 9.48 Å². The molecule has 0 unspecified atom stereocenters. The van der Waals surface area contributed by atoms with E-state index in [1.165, 1.54) is 88.4 Å². The van der Waals surface area contributed by atoms with Crippen molar-refractivity contribution in [3.05, 3.63) is 144 Å². The number of hydrogen-bond donors (Lipinski definition) is 6. The Morgan fingerprint density at radius 3 is 1.84 bits per heavy atom. The third-order valence-corrected chi connectivity index (χ3v) is 14.4. The summed E-state index contributed by atoms with van der Waals surface area (Å²) in [7, 11) is -5.24. The second-order valence-corrected chi connectivity index (χ2v) is 22.4. The first-order chi connectivity index (χ1) is 42.5. The molecule has 0 saturated carbocycles. The summed E-state index contributed by atoms with van der Waals surface area (Å²) in [6.45, 7) is 4.99. The average molecular weight is 1310 g/mol. The molecule has 2 aliphatic rings. The van der Waals surface area contributed by atoms with E-state index < -0.39 is 136 Å². The number of phosphoric acid groups is 1. The Hall–Kier alpha value is -5.57. The number of aromatic nitrogens is 3. The summed E-state index contributed by atoms with van der Waals surface area (Å²) in [5.74, 6) is -6.86. The topological polar surface area (TPSA) is 402 Å². The Morgan fingerprint density at radius 2 is 1.26 bits per heavy atom. The molecule has 2 fully saturated rings. The number of carboxylic acid groups (broad SMARTS) is 1. The van der Waals surface area contributed by atoms with E-state index in [9.17, 15) is 68.7 Å². The van der Waals surface area contributed by atoms with Gasteiger partial charge < -0.3 is 92.4 Å². The molecule has 0 bridgehead atoms. The first kappa shape index (κ1) is 76.1. The molecule has 14 atom stereocenters. The van der Waals surface area contributed by atoms with Gasteiger partial charge in [0.25, 0.3) is 0 Å². The molecule has 0 spiro atoms. The van der Waals surface area contributed by atoms with E-state index in [1.54, 1.807) is 65.5 Å². The molecule has 6 N–H and O–H groups in total. The minimum absolute atomic E-state index is 0. The molecular weight excluding hydrogens is 1240 g/mol. The summed E-state index contributed by atoms with van der Waals surface area (Å²) in [5.41, 5.74) is 1.38. The van der Waals surface area contributed by atoms with Gasteiger partial charge in [0.1, 0.15) is 44.1 Å². The van der Waals surface area contributed by atoms with Gasteiger partial charge in [-0.1, -0.05) is 71.9 Å². The number of carbonyl (C=O) groups is 6. The third kappa shape index (κ3) is 23.1. The number of nitrogens with zero attached hydrogens (tertiary/aromatic N) is 3. The van der Waals surface area contributed by atoms with Gasteiger partial charge in [0.2, 0.25) is 5.91 Å². The molecule has 1 aromatic heterocycles. The number of benzene rings is 4. The van der Waals surface area contributed by atoms with Crippen LogP contribution in [0.1, 0.15) is 91.8 Å². The van der Waals surface area contributed by atoms with Crippen LogP contribution >= 0.6 is 7.82 Å². The van der Waals surface area contributed by atoms with Gasteiger partial charge in [-0.15, -0.1) is 5.10 Å². The van der Waals surface area contributed by atoms with E-state index in [-0.39, 0.29) is 108 Å². The van der Waals surface area contributed by atoms with Crippen molar-refractivity contribution in [2.75, 3.05) is 11.9 Å². The molecule has 3 heterocycles. The molecule has 482 valence electrons. The maximum Gasteiger partial charge on any atom is 1.00 e. The molecule has 5 aromatic rings. The molecule has 0 radical (unpaired) electrons. The standard InChI is InChI=1S/C60H73N4O24P.2Na/c1-34(2)79-57(74)51(87-60-53(85-56(73)39-22-12-7-13-23-39)50(82-43(54(70)71)31-37-18-8-5-9-19-37)49(44(33-65)83-60)84-55(72)38-20-10-6-11-21-38)52(86-59-48(69)47(68)46(67)36(4)81-59)58(75)80-35(3)17-16-30-64-32-41(62-63-64)24-14-15-25-45(66)61-40-26-28-42(29-27-40)88-89(76,77)78;;/h5-13,18-23,26-29,32,34-36,43-44,46-53,59-60,65,67-69H,14-17,24-25,30-31,33H2,1-4H3,(H,61,66)(H,70,71)(H2,76,77,78);;/q;2*+1/p-2/t35-,36-,43+,44+,46+,47+,48-,49-,50-,51+,52+,53+,59-,60-;;/m0../s1. The number of nitrogens with one attached hydrogen (secondary N) is 1. The fraction of sp³-hybridized carbons (Fsp3) is 0.467. The van der Waals surface area contributed by atoms with Crippen LogP contribution in [0.5, 0.6) is 5.75 Å². The molecule has 7 rings (SSSR count). The van der Waals surface area contributed by atoms with Gasteiger partial charge in [-0.2, -0.15) is 0 Å².